The molecule has 0 bridgehead atoms. The van der Waals surface area contributed by atoms with E-state index in [0.717, 1.165) is 11.4 Å². The van der Waals surface area contributed by atoms with E-state index in [4.69, 9.17) is 4.74 Å². The topological polar surface area (TPSA) is 63.2 Å². The first kappa shape index (κ1) is 13.1. The highest BCUT2D eigenvalue weighted by Gasteiger charge is 2.01. The molecule has 100 valence electrons. The van der Waals surface area contributed by atoms with Crippen LogP contribution in [0.5, 0.6) is 5.88 Å². The number of nitrogens with one attached hydrogen (secondary N) is 1. The number of aromatic nitrogens is 3. The van der Waals surface area contributed by atoms with Crippen molar-refractivity contribution in [2.45, 2.75) is 6.54 Å². The maximum atomic E-state index is 5.02. The average molecular weight is 259 g/mol. The Labute approximate surface area is 112 Å². The summed E-state index contributed by atoms with van der Waals surface area (Å²) in [6.07, 6.45) is 3.51. The summed E-state index contributed by atoms with van der Waals surface area (Å²) >= 11 is 0. The third kappa shape index (κ3) is 3.54. The van der Waals surface area contributed by atoms with E-state index in [1.165, 1.54) is 0 Å². The van der Waals surface area contributed by atoms with Crippen LogP contribution in [-0.4, -0.2) is 36.2 Å². The van der Waals surface area contributed by atoms with Crippen molar-refractivity contribution in [1.29, 1.82) is 0 Å². The molecule has 0 spiro atoms. The first-order chi connectivity index (χ1) is 9.19. The van der Waals surface area contributed by atoms with Crippen LogP contribution in [0.1, 0.15) is 5.56 Å². The first-order valence-electron chi connectivity index (χ1n) is 5.92. The Kier molecular flexibility index (Phi) is 4.12. The van der Waals surface area contributed by atoms with Gasteiger partial charge in [0.15, 0.2) is 0 Å². The van der Waals surface area contributed by atoms with Gasteiger partial charge in [-0.1, -0.05) is 6.07 Å². The van der Waals surface area contributed by atoms with Crippen LogP contribution < -0.4 is 15.0 Å². The summed E-state index contributed by atoms with van der Waals surface area (Å²) in [6.45, 7) is 0.654. The van der Waals surface area contributed by atoms with E-state index in [2.05, 4.69) is 20.3 Å². The lowest BCUT2D eigenvalue weighted by molar-refractivity contribution is 0.397. The van der Waals surface area contributed by atoms with Crippen LogP contribution in [-0.2, 0) is 6.54 Å². The Morgan fingerprint density at radius 1 is 1.21 bits per heavy atom. The normalized spacial score (nSPS) is 10.1. The van der Waals surface area contributed by atoms with Gasteiger partial charge in [0.05, 0.1) is 7.11 Å². The van der Waals surface area contributed by atoms with Gasteiger partial charge in [-0.3, -0.25) is 0 Å². The molecule has 0 saturated heterocycles. The van der Waals surface area contributed by atoms with E-state index < -0.39 is 0 Å². The maximum absolute atomic E-state index is 5.02. The Hall–Kier alpha value is -2.37. The van der Waals surface area contributed by atoms with Gasteiger partial charge in [0.25, 0.3) is 0 Å². The summed E-state index contributed by atoms with van der Waals surface area (Å²) in [7, 11) is 5.42. The van der Waals surface area contributed by atoms with E-state index in [-0.39, 0.29) is 0 Å². The maximum Gasteiger partial charge on any atom is 0.226 e. The van der Waals surface area contributed by atoms with Crippen molar-refractivity contribution in [3.05, 3.63) is 36.2 Å². The summed E-state index contributed by atoms with van der Waals surface area (Å²) in [5, 5.41) is 3.24. The minimum absolute atomic E-state index is 0.612. The lowest BCUT2D eigenvalue weighted by Crippen LogP contribution is -2.13. The highest BCUT2D eigenvalue weighted by atomic mass is 16.5. The van der Waals surface area contributed by atoms with Gasteiger partial charge in [0.2, 0.25) is 11.8 Å². The van der Waals surface area contributed by atoms with Gasteiger partial charge in [0, 0.05) is 39.1 Å². The number of ether oxygens (including phenoxy) is 1. The second-order valence-corrected chi connectivity index (χ2v) is 4.20. The highest BCUT2D eigenvalue weighted by molar-refractivity contribution is 5.40. The van der Waals surface area contributed by atoms with Crippen molar-refractivity contribution in [2.75, 3.05) is 31.4 Å². The molecule has 0 aliphatic heterocycles. The monoisotopic (exact) mass is 259 g/mol. The summed E-state index contributed by atoms with van der Waals surface area (Å²) in [5.41, 5.74) is 1.06. The number of pyridine rings is 1. The first-order valence-corrected chi connectivity index (χ1v) is 5.92. The van der Waals surface area contributed by atoms with Gasteiger partial charge in [-0.05, 0) is 11.6 Å². The predicted molar refractivity (Wildman–Crippen MR) is 74.5 cm³/mol. The molecule has 0 saturated carbocycles. The largest absolute Gasteiger partial charge is 0.481 e. The molecule has 0 unspecified atom stereocenters. The van der Waals surface area contributed by atoms with E-state index in [1.807, 2.05) is 37.2 Å². The molecule has 0 amide bonds. The zero-order valence-electron chi connectivity index (χ0n) is 11.3. The minimum atomic E-state index is 0.612. The van der Waals surface area contributed by atoms with Crippen molar-refractivity contribution in [3.8, 4) is 5.88 Å². The molecule has 6 heteroatoms. The van der Waals surface area contributed by atoms with Gasteiger partial charge in [-0.25, -0.2) is 9.97 Å². The smallest absolute Gasteiger partial charge is 0.226 e. The SMILES string of the molecule is COc1ccc(CNc2ccnc(N(C)C)n2)cn1. The Morgan fingerprint density at radius 3 is 2.68 bits per heavy atom. The fraction of sp³-hybridized carbons (Fsp3) is 0.308. The van der Waals surface area contributed by atoms with Crippen molar-refractivity contribution in [3.63, 3.8) is 0 Å². The zero-order chi connectivity index (χ0) is 13.7. The zero-order valence-corrected chi connectivity index (χ0v) is 11.3. The van der Waals surface area contributed by atoms with Crippen LogP contribution >= 0.6 is 0 Å². The van der Waals surface area contributed by atoms with E-state index in [1.54, 1.807) is 19.5 Å². The molecular formula is C13H17N5O. The van der Waals surface area contributed by atoms with E-state index >= 15 is 0 Å². The number of anilines is 2. The number of rotatable bonds is 5. The summed E-state index contributed by atoms with van der Waals surface area (Å²) in [4.78, 5) is 14.6. The molecule has 19 heavy (non-hydrogen) atoms. The lowest BCUT2D eigenvalue weighted by Gasteiger charge is -2.11. The molecule has 0 atom stereocenters. The summed E-state index contributed by atoms with van der Waals surface area (Å²) < 4.78 is 5.02. The molecule has 1 N–H and O–H groups in total. The van der Waals surface area contributed by atoms with Crippen molar-refractivity contribution >= 4 is 11.8 Å². The van der Waals surface area contributed by atoms with Crippen LogP contribution in [0.4, 0.5) is 11.8 Å². The predicted octanol–water partition coefficient (Wildman–Crippen LogP) is 1.56. The number of hydrogen-bond donors (Lipinski definition) is 1. The fourth-order valence-corrected chi connectivity index (χ4v) is 1.49. The third-order valence-electron chi connectivity index (χ3n) is 2.52. The molecule has 0 radical (unpaired) electrons. The molecule has 0 aliphatic rings. The van der Waals surface area contributed by atoms with Crippen LogP contribution in [0.3, 0.4) is 0 Å². The van der Waals surface area contributed by atoms with Gasteiger partial charge in [0.1, 0.15) is 5.82 Å². The molecular weight excluding hydrogens is 242 g/mol. The van der Waals surface area contributed by atoms with Crippen molar-refractivity contribution in [1.82, 2.24) is 15.0 Å². The molecule has 0 fully saturated rings. The average Bonchev–Trinajstić information content (AvgIpc) is 2.46. The van der Waals surface area contributed by atoms with Gasteiger partial charge in [-0.15, -0.1) is 0 Å². The quantitative estimate of drug-likeness (QED) is 0.879. The molecule has 2 rings (SSSR count). The summed E-state index contributed by atoms with van der Waals surface area (Å²) in [5.74, 6) is 2.08. The highest BCUT2D eigenvalue weighted by Crippen LogP contribution is 2.11. The fourth-order valence-electron chi connectivity index (χ4n) is 1.49. The Bertz CT molecular complexity index is 527. The van der Waals surface area contributed by atoms with Crippen molar-refractivity contribution < 1.29 is 4.74 Å². The Morgan fingerprint density at radius 2 is 2.05 bits per heavy atom. The van der Waals surface area contributed by atoms with Crippen LogP contribution in [0, 0.1) is 0 Å². The van der Waals surface area contributed by atoms with Crippen molar-refractivity contribution in [2.24, 2.45) is 0 Å². The second-order valence-electron chi connectivity index (χ2n) is 4.20. The molecule has 2 heterocycles. The molecule has 0 aromatic carbocycles. The van der Waals surface area contributed by atoms with Crippen LogP contribution in [0.15, 0.2) is 30.6 Å². The number of methoxy groups -OCH3 is 1. The molecule has 2 aromatic rings. The van der Waals surface area contributed by atoms with E-state index in [9.17, 15) is 0 Å². The number of hydrogen-bond acceptors (Lipinski definition) is 6. The van der Waals surface area contributed by atoms with Crippen LogP contribution in [0.2, 0.25) is 0 Å². The number of nitrogens with zero attached hydrogens (tertiary/aromatic N) is 4. The molecule has 0 aliphatic carbocycles. The third-order valence-corrected chi connectivity index (χ3v) is 2.52. The summed E-state index contributed by atoms with van der Waals surface area (Å²) in [6, 6.07) is 5.64. The van der Waals surface area contributed by atoms with E-state index in [0.29, 0.717) is 18.4 Å². The Balaban J connectivity index is 1.99. The van der Waals surface area contributed by atoms with Gasteiger partial charge < -0.3 is 15.0 Å². The van der Waals surface area contributed by atoms with Gasteiger partial charge in [-0.2, -0.15) is 4.98 Å². The minimum Gasteiger partial charge on any atom is -0.481 e. The standard InChI is InChI=1S/C13H17N5O/c1-18(2)13-14-7-6-11(17-13)15-8-10-4-5-12(19-3)16-9-10/h4-7,9H,8H2,1-3H3,(H,14,15,17). The second kappa shape index (κ2) is 5.99. The lowest BCUT2D eigenvalue weighted by atomic mass is 10.3. The van der Waals surface area contributed by atoms with Gasteiger partial charge >= 0.3 is 0 Å². The molecule has 2 aromatic heterocycles. The van der Waals surface area contributed by atoms with Crippen LogP contribution in [0.25, 0.3) is 0 Å². The molecule has 6 nitrogen and oxygen atoms in total.